The maximum atomic E-state index is 5.70. The number of hydrogen-bond donors (Lipinski definition) is 0. The van der Waals surface area contributed by atoms with E-state index in [1.165, 1.54) is 0 Å². The first kappa shape index (κ1) is 19.7. The van der Waals surface area contributed by atoms with Crippen molar-refractivity contribution in [1.29, 1.82) is 0 Å². The molecule has 6 heteroatoms. The zero-order chi connectivity index (χ0) is 15.8. The Bertz CT molecular complexity index is 272. The summed E-state index contributed by atoms with van der Waals surface area (Å²) in [6, 6.07) is 1.04. The van der Waals surface area contributed by atoms with Crippen LogP contribution < -0.4 is 0 Å². The van der Waals surface area contributed by atoms with Crippen LogP contribution in [-0.4, -0.2) is 53.9 Å². The van der Waals surface area contributed by atoms with Crippen LogP contribution in [-0.2, 0) is 14.0 Å². The van der Waals surface area contributed by atoms with Gasteiger partial charge in [-0.05, 0) is 33.6 Å². The molecule has 1 fully saturated rings. The van der Waals surface area contributed by atoms with Gasteiger partial charge in [0.25, 0.3) is 0 Å². The highest BCUT2D eigenvalue weighted by molar-refractivity contribution is 8.00. The highest BCUT2D eigenvalue weighted by atomic mass is 32.2. The van der Waals surface area contributed by atoms with Crippen LogP contribution in [0.5, 0.6) is 0 Å². The van der Waals surface area contributed by atoms with Gasteiger partial charge in [-0.1, -0.05) is 13.8 Å². The van der Waals surface area contributed by atoms with Crippen molar-refractivity contribution in [1.82, 2.24) is 4.67 Å². The summed E-state index contributed by atoms with van der Waals surface area (Å²) in [6.45, 7) is 15.4. The Hall–Kier alpha value is 0.620. The van der Waals surface area contributed by atoms with Gasteiger partial charge in [-0.3, -0.25) is 4.67 Å². The molecule has 0 aliphatic carbocycles. The lowest BCUT2D eigenvalue weighted by molar-refractivity contribution is 0.113. The minimum absolute atomic E-state index is 0.400. The van der Waals surface area contributed by atoms with Crippen LogP contribution in [0.3, 0.4) is 0 Å². The summed E-state index contributed by atoms with van der Waals surface area (Å²) in [6.07, 6.45) is 0.456. The summed E-state index contributed by atoms with van der Waals surface area (Å²) in [5.74, 6) is 1.63. The second-order valence-corrected chi connectivity index (χ2v) is 8.42. The summed E-state index contributed by atoms with van der Waals surface area (Å²) in [5.41, 5.74) is 0.400. The van der Waals surface area contributed by atoms with E-state index < -0.39 is 0 Å². The van der Waals surface area contributed by atoms with Crippen LogP contribution in [0, 0.1) is 5.92 Å². The smallest absolute Gasteiger partial charge is 0.130 e. The molecular formula is C15H32NO3PS. The fourth-order valence-electron chi connectivity index (χ4n) is 2.07. The summed E-state index contributed by atoms with van der Waals surface area (Å²) < 4.78 is 19.2. The Labute approximate surface area is 136 Å². The molecule has 0 aromatic rings. The SMILES string of the molecule is CC(C)C1OC1SCCOCCOPN(C(C)C)C(C)C. The number of hydrogen-bond acceptors (Lipinski definition) is 5. The lowest BCUT2D eigenvalue weighted by Gasteiger charge is -2.29. The molecule has 0 radical (unpaired) electrons. The largest absolute Gasteiger partial charge is 0.378 e. The van der Waals surface area contributed by atoms with Gasteiger partial charge in [-0.25, -0.2) is 0 Å². The molecule has 4 nitrogen and oxygen atoms in total. The summed E-state index contributed by atoms with van der Waals surface area (Å²) in [4.78, 5) is 0. The molecule has 1 saturated heterocycles. The molecule has 3 atom stereocenters. The molecule has 0 aromatic carbocycles. The fourth-order valence-corrected chi connectivity index (χ4v) is 3.97. The van der Waals surface area contributed by atoms with Gasteiger partial charge < -0.3 is 14.0 Å². The van der Waals surface area contributed by atoms with Gasteiger partial charge in [0.2, 0.25) is 0 Å². The summed E-state index contributed by atoms with van der Waals surface area (Å²) in [7, 11) is 0.424. The quantitative estimate of drug-likeness (QED) is 0.308. The zero-order valence-corrected chi connectivity index (χ0v) is 16.1. The lowest BCUT2D eigenvalue weighted by atomic mass is 10.2. The molecule has 0 aromatic heterocycles. The standard InChI is InChI=1S/C15H32NO3PS/c1-11(2)14-15(19-14)21-10-9-17-7-8-18-20-16(12(3)4)13(5)6/h11-15,20H,7-10H2,1-6H3. The third-order valence-corrected chi connectivity index (χ3v) is 5.95. The molecular weight excluding hydrogens is 305 g/mol. The highest BCUT2D eigenvalue weighted by Gasteiger charge is 2.41. The first-order chi connectivity index (χ1) is 9.93. The molecule has 3 unspecified atom stereocenters. The number of thioether (sulfide) groups is 1. The van der Waals surface area contributed by atoms with E-state index >= 15 is 0 Å². The van der Waals surface area contributed by atoms with Gasteiger partial charge in [-0.15, -0.1) is 11.8 Å². The van der Waals surface area contributed by atoms with Crippen molar-refractivity contribution in [2.75, 3.05) is 25.6 Å². The van der Waals surface area contributed by atoms with Gasteiger partial charge >= 0.3 is 0 Å². The number of nitrogens with zero attached hydrogens (tertiary/aromatic N) is 1. The van der Waals surface area contributed by atoms with Crippen LogP contribution in [0.25, 0.3) is 0 Å². The van der Waals surface area contributed by atoms with E-state index in [-0.39, 0.29) is 0 Å². The molecule has 0 N–H and O–H groups in total. The van der Waals surface area contributed by atoms with Crippen molar-refractivity contribution in [3.05, 3.63) is 0 Å². The minimum Gasteiger partial charge on any atom is -0.378 e. The van der Waals surface area contributed by atoms with E-state index in [1.54, 1.807) is 0 Å². The van der Waals surface area contributed by atoms with Gasteiger partial charge in [0.05, 0.1) is 34.9 Å². The molecule has 1 aliphatic heterocycles. The van der Waals surface area contributed by atoms with E-state index in [2.05, 4.69) is 46.2 Å². The summed E-state index contributed by atoms with van der Waals surface area (Å²) in [5, 5.41) is 0. The van der Waals surface area contributed by atoms with Crippen molar-refractivity contribution < 1.29 is 14.0 Å². The fraction of sp³-hybridized carbons (Fsp3) is 1.00. The zero-order valence-electron chi connectivity index (χ0n) is 14.3. The highest BCUT2D eigenvalue weighted by Crippen LogP contribution is 2.37. The van der Waals surface area contributed by atoms with E-state index in [4.69, 9.17) is 14.0 Å². The monoisotopic (exact) mass is 337 g/mol. The van der Waals surface area contributed by atoms with Gasteiger partial charge in [0.15, 0.2) is 0 Å². The predicted octanol–water partition coefficient (Wildman–Crippen LogP) is 3.76. The predicted molar refractivity (Wildman–Crippen MR) is 93.2 cm³/mol. The Morgan fingerprint density at radius 1 is 1.05 bits per heavy atom. The molecule has 0 bridgehead atoms. The van der Waals surface area contributed by atoms with E-state index in [0.717, 1.165) is 12.4 Å². The first-order valence-corrected chi connectivity index (χ1v) is 9.84. The molecule has 1 heterocycles. The third-order valence-electron chi connectivity index (χ3n) is 3.26. The Kier molecular flexibility index (Phi) is 9.74. The van der Waals surface area contributed by atoms with Crippen molar-refractivity contribution in [3.8, 4) is 0 Å². The molecule has 21 heavy (non-hydrogen) atoms. The minimum atomic E-state index is 0.400. The Morgan fingerprint density at radius 2 is 1.71 bits per heavy atom. The van der Waals surface area contributed by atoms with Gasteiger partial charge in [0.1, 0.15) is 5.44 Å². The molecule has 1 aliphatic rings. The normalized spacial score (nSPS) is 22.6. The Morgan fingerprint density at radius 3 is 2.24 bits per heavy atom. The van der Waals surface area contributed by atoms with E-state index in [1.807, 2.05) is 11.8 Å². The molecule has 1 rings (SSSR count). The topological polar surface area (TPSA) is 34.2 Å². The first-order valence-electron chi connectivity index (χ1n) is 7.94. The maximum Gasteiger partial charge on any atom is 0.130 e. The molecule has 0 amide bonds. The van der Waals surface area contributed by atoms with Crippen LogP contribution in [0.4, 0.5) is 0 Å². The van der Waals surface area contributed by atoms with Crippen LogP contribution in [0.2, 0.25) is 0 Å². The second kappa shape index (κ2) is 10.4. The van der Waals surface area contributed by atoms with Crippen molar-refractivity contribution in [3.63, 3.8) is 0 Å². The number of rotatable bonds is 12. The lowest BCUT2D eigenvalue weighted by Crippen LogP contribution is -2.29. The molecule has 0 spiro atoms. The summed E-state index contributed by atoms with van der Waals surface area (Å²) >= 11 is 1.86. The van der Waals surface area contributed by atoms with E-state index in [0.29, 0.717) is 51.7 Å². The van der Waals surface area contributed by atoms with Crippen molar-refractivity contribution in [2.45, 2.75) is 65.2 Å². The number of ether oxygens (including phenoxy) is 2. The van der Waals surface area contributed by atoms with Gasteiger partial charge in [0, 0.05) is 17.8 Å². The van der Waals surface area contributed by atoms with Crippen LogP contribution >= 0.6 is 20.7 Å². The van der Waals surface area contributed by atoms with Crippen molar-refractivity contribution in [2.24, 2.45) is 5.92 Å². The molecule has 126 valence electrons. The molecule has 0 saturated carbocycles. The maximum absolute atomic E-state index is 5.70. The third kappa shape index (κ3) is 8.15. The number of epoxide rings is 1. The van der Waals surface area contributed by atoms with Crippen molar-refractivity contribution >= 4 is 20.7 Å². The van der Waals surface area contributed by atoms with Crippen LogP contribution in [0.15, 0.2) is 0 Å². The average molecular weight is 337 g/mol. The van der Waals surface area contributed by atoms with Crippen LogP contribution in [0.1, 0.15) is 41.5 Å². The second-order valence-electron chi connectivity index (χ2n) is 6.23. The van der Waals surface area contributed by atoms with E-state index in [9.17, 15) is 0 Å². The average Bonchev–Trinajstić information content (AvgIpc) is 3.15. The Balaban J connectivity index is 1.89. The van der Waals surface area contributed by atoms with Gasteiger partial charge in [-0.2, -0.15) is 0 Å².